The maximum absolute atomic E-state index is 12.7. The molecule has 7 nitrogen and oxygen atoms in total. The van der Waals surface area contributed by atoms with Crippen molar-refractivity contribution in [1.29, 1.82) is 0 Å². The Bertz CT molecular complexity index is 1140. The van der Waals surface area contributed by atoms with Crippen molar-refractivity contribution in [3.05, 3.63) is 81.5 Å². The van der Waals surface area contributed by atoms with Gasteiger partial charge in [0.05, 0.1) is 27.7 Å². The fraction of sp³-hybridized carbons (Fsp3) is 0. The molecule has 28 heavy (non-hydrogen) atoms. The Kier molecular flexibility index (Phi) is 4.25. The molecule has 8 heteroatoms. The van der Waals surface area contributed by atoms with Gasteiger partial charge in [0.15, 0.2) is 0 Å². The summed E-state index contributed by atoms with van der Waals surface area (Å²) in [5.41, 5.74) is 0.620. The number of carbonyl (C=O) groups is 4. The molecule has 1 aliphatic rings. The van der Waals surface area contributed by atoms with Crippen LogP contribution in [0.25, 0.3) is 0 Å². The molecule has 0 atom stereocenters. The van der Waals surface area contributed by atoms with Crippen LogP contribution in [-0.4, -0.2) is 23.7 Å². The van der Waals surface area contributed by atoms with Crippen molar-refractivity contribution < 1.29 is 24.3 Å². The van der Waals surface area contributed by atoms with Gasteiger partial charge in [-0.25, -0.2) is 4.90 Å². The second-order valence-corrected chi connectivity index (χ2v) is 6.92. The maximum Gasteiger partial charge on any atom is 0.266 e. The van der Waals surface area contributed by atoms with Crippen LogP contribution >= 0.6 is 11.3 Å². The summed E-state index contributed by atoms with van der Waals surface area (Å²) in [4.78, 5) is 50.1. The van der Waals surface area contributed by atoms with Crippen molar-refractivity contribution in [3.63, 3.8) is 0 Å². The van der Waals surface area contributed by atoms with Gasteiger partial charge in [0, 0.05) is 5.69 Å². The lowest BCUT2D eigenvalue weighted by atomic mass is 10.1. The molecule has 3 aromatic rings. The highest BCUT2D eigenvalue weighted by molar-refractivity contribution is 7.12. The second kappa shape index (κ2) is 6.75. The molecule has 1 aromatic heterocycles. The number of nitrogens with zero attached hydrogens (tertiary/aromatic N) is 1. The third kappa shape index (κ3) is 2.95. The van der Waals surface area contributed by atoms with Crippen molar-refractivity contribution in [3.8, 4) is 0 Å². The number of hydrogen-bond donors (Lipinski definition) is 1. The summed E-state index contributed by atoms with van der Waals surface area (Å²) in [6, 6.07) is 13.4. The van der Waals surface area contributed by atoms with Crippen molar-refractivity contribution in [2.45, 2.75) is 0 Å². The van der Waals surface area contributed by atoms with Gasteiger partial charge < -0.3 is 15.2 Å². The molecule has 0 radical (unpaired) electrons. The molecule has 3 amide bonds. The van der Waals surface area contributed by atoms with Crippen LogP contribution in [0.4, 0.5) is 11.4 Å². The molecular weight excluding hydrogens is 380 g/mol. The number of benzene rings is 2. The number of carbonyl (C=O) groups excluding carboxylic acids is 4. The van der Waals surface area contributed by atoms with Gasteiger partial charge in [-0.1, -0.05) is 18.2 Å². The van der Waals surface area contributed by atoms with Crippen molar-refractivity contribution >= 4 is 46.4 Å². The molecule has 2 heterocycles. The van der Waals surface area contributed by atoms with Crippen LogP contribution in [-0.2, 0) is 0 Å². The van der Waals surface area contributed by atoms with E-state index in [-0.39, 0.29) is 28.3 Å². The SMILES string of the molecule is O=C([O-])c1ccc2c(c1)C(=O)N(c1cccc(NC(=O)c3cccs3)c1)C2=O. The van der Waals surface area contributed by atoms with E-state index in [4.69, 9.17) is 0 Å². The molecule has 4 rings (SSSR count). The Hall–Kier alpha value is -3.78. The van der Waals surface area contributed by atoms with Gasteiger partial charge in [0.25, 0.3) is 17.7 Å². The van der Waals surface area contributed by atoms with Crippen LogP contribution in [0.5, 0.6) is 0 Å². The number of rotatable bonds is 4. The summed E-state index contributed by atoms with van der Waals surface area (Å²) >= 11 is 1.29. The Morgan fingerprint density at radius 2 is 1.71 bits per heavy atom. The molecule has 138 valence electrons. The zero-order chi connectivity index (χ0) is 19.8. The molecule has 0 unspecified atom stereocenters. The lowest BCUT2D eigenvalue weighted by molar-refractivity contribution is -0.255. The van der Waals surface area contributed by atoms with Gasteiger partial charge in [-0.15, -0.1) is 11.3 Å². The Morgan fingerprint density at radius 1 is 0.929 bits per heavy atom. The zero-order valence-corrected chi connectivity index (χ0v) is 15.0. The standard InChI is InChI=1S/C20H12N2O5S/c23-17(16-5-2-8-28-16)21-12-3-1-4-13(10-12)22-18(24)14-7-6-11(20(26)27)9-15(14)19(22)25/h1-10H,(H,21,23)(H,26,27)/p-1. The number of thiophene rings is 1. The topological polar surface area (TPSA) is 107 Å². The summed E-state index contributed by atoms with van der Waals surface area (Å²) in [6.07, 6.45) is 0. The van der Waals surface area contributed by atoms with Crippen LogP contribution in [0.2, 0.25) is 0 Å². The Morgan fingerprint density at radius 3 is 2.43 bits per heavy atom. The minimum absolute atomic E-state index is 0.000255. The molecule has 0 aliphatic carbocycles. The molecule has 1 N–H and O–H groups in total. The smallest absolute Gasteiger partial charge is 0.266 e. The number of carboxylic acids is 1. The summed E-state index contributed by atoms with van der Waals surface area (Å²) < 4.78 is 0. The fourth-order valence-electron chi connectivity index (χ4n) is 2.93. The lowest BCUT2D eigenvalue weighted by Gasteiger charge is -2.15. The van der Waals surface area contributed by atoms with Gasteiger partial charge in [-0.3, -0.25) is 14.4 Å². The summed E-state index contributed by atoms with van der Waals surface area (Å²) in [5.74, 6) is -2.93. The normalized spacial score (nSPS) is 12.8. The van der Waals surface area contributed by atoms with E-state index in [0.717, 1.165) is 11.0 Å². The first kappa shape index (κ1) is 17.6. The molecule has 0 fully saturated rings. The summed E-state index contributed by atoms with van der Waals surface area (Å²) in [7, 11) is 0. The van der Waals surface area contributed by atoms with Crippen molar-refractivity contribution in [2.75, 3.05) is 10.2 Å². The molecule has 1 aliphatic heterocycles. The average Bonchev–Trinajstić information content (AvgIpc) is 3.30. The fourth-order valence-corrected chi connectivity index (χ4v) is 3.54. The van der Waals surface area contributed by atoms with Gasteiger partial charge in [0.1, 0.15) is 0 Å². The first-order valence-corrected chi connectivity index (χ1v) is 9.03. The third-order valence-electron chi connectivity index (χ3n) is 4.23. The number of nitrogens with one attached hydrogen (secondary N) is 1. The van der Waals surface area contributed by atoms with Crippen molar-refractivity contribution in [2.24, 2.45) is 0 Å². The molecule has 2 aromatic carbocycles. The highest BCUT2D eigenvalue weighted by Crippen LogP contribution is 2.30. The molecule has 0 saturated heterocycles. The van der Waals surface area contributed by atoms with E-state index in [2.05, 4.69) is 5.32 Å². The predicted molar refractivity (Wildman–Crippen MR) is 101 cm³/mol. The van der Waals surface area contributed by atoms with Crippen LogP contribution in [0.15, 0.2) is 60.0 Å². The van der Waals surface area contributed by atoms with Gasteiger partial charge >= 0.3 is 0 Å². The number of imide groups is 1. The number of hydrogen-bond acceptors (Lipinski definition) is 6. The van der Waals surface area contributed by atoms with Crippen molar-refractivity contribution in [1.82, 2.24) is 0 Å². The van der Waals surface area contributed by atoms with E-state index in [1.54, 1.807) is 35.7 Å². The van der Waals surface area contributed by atoms with E-state index in [0.29, 0.717) is 10.6 Å². The largest absolute Gasteiger partial charge is 0.545 e. The quantitative estimate of drug-likeness (QED) is 0.686. The number of aromatic carboxylic acids is 1. The minimum Gasteiger partial charge on any atom is -0.545 e. The lowest BCUT2D eigenvalue weighted by Crippen LogP contribution is -2.29. The highest BCUT2D eigenvalue weighted by atomic mass is 32.1. The third-order valence-corrected chi connectivity index (χ3v) is 5.10. The number of carboxylic acid groups (broad SMARTS) is 1. The summed E-state index contributed by atoms with van der Waals surface area (Å²) in [5, 5.41) is 15.5. The molecule has 0 bridgehead atoms. The Labute approximate surface area is 162 Å². The number of amides is 3. The predicted octanol–water partition coefficient (Wildman–Crippen LogP) is 2.16. The first-order valence-electron chi connectivity index (χ1n) is 8.15. The van der Waals surface area contributed by atoms with Crippen LogP contribution in [0.1, 0.15) is 40.7 Å². The minimum atomic E-state index is -1.43. The van der Waals surface area contributed by atoms with E-state index in [1.165, 1.54) is 29.5 Å². The van der Waals surface area contributed by atoms with Crippen LogP contribution < -0.4 is 15.3 Å². The highest BCUT2D eigenvalue weighted by Gasteiger charge is 2.37. The number of fused-ring (bicyclic) bond motifs is 1. The number of anilines is 2. The van der Waals surface area contributed by atoms with Gasteiger partial charge in [0.2, 0.25) is 0 Å². The van der Waals surface area contributed by atoms with E-state index in [9.17, 15) is 24.3 Å². The summed E-state index contributed by atoms with van der Waals surface area (Å²) in [6.45, 7) is 0. The molecular formula is C20H11N2O5S-. The van der Waals surface area contributed by atoms with Gasteiger partial charge in [-0.05, 0) is 47.3 Å². The Balaban J connectivity index is 1.64. The van der Waals surface area contributed by atoms with E-state index >= 15 is 0 Å². The van der Waals surface area contributed by atoms with E-state index < -0.39 is 17.8 Å². The molecule has 0 saturated carbocycles. The molecule has 0 spiro atoms. The monoisotopic (exact) mass is 391 g/mol. The van der Waals surface area contributed by atoms with E-state index in [1.807, 2.05) is 0 Å². The zero-order valence-electron chi connectivity index (χ0n) is 14.2. The van der Waals surface area contributed by atoms with Gasteiger partial charge in [-0.2, -0.15) is 0 Å². The second-order valence-electron chi connectivity index (χ2n) is 5.98. The van der Waals surface area contributed by atoms with Crippen LogP contribution in [0.3, 0.4) is 0 Å². The maximum atomic E-state index is 12.7. The first-order chi connectivity index (χ1) is 13.5. The average molecular weight is 391 g/mol. The van der Waals surface area contributed by atoms with Crippen LogP contribution in [0, 0.1) is 0 Å².